The van der Waals surface area contributed by atoms with Crippen LogP contribution in [0.1, 0.15) is 34.9 Å². The van der Waals surface area contributed by atoms with E-state index in [1.807, 2.05) is 34.9 Å². The Labute approximate surface area is 169 Å². The number of likely N-dealkylation sites (N-methyl/N-ethyl adjacent to an activating group) is 1. The Morgan fingerprint density at radius 2 is 2.00 bits per heavy atom. The van der Waals surface area contributed by atoms with Gasteiger partial charge in [-0.05, 0) is 37.5 Å². The number of halogens is 1. The van der Waals surface area contributed by atoms with Gasteiger partial charge in [0.25, 0.3) is 0 Å². The molecule has 2 aromatic rings. The lowest BCUT2D eigenvalue weighted by Crippen LogP contribution is -2.55. The standard InChI is InChI=1S/C19H24ClN5O3/c1-12-9-13(20)10-14(19(27)28-4)17(12)22-18(26)15-5-6-16(24(3)23(15)2)25-8-7-21-11-25/h7-11,15-16H,5-6H2,1-4H3,(H,22,26). The number of carbonyl (C=O) groups excluding carboxylic acids is 2. The van der Waals surface area contributed by atoms with Gasteiger partial charge in [0.05, 0.1) is 24.7 Å². The number of aromatic nitrogens is 2. The highest BCUT2D eigenvalue weighted by Crippen LogP contribution is 2.30. The highest BCUT2D eigenvalue weighted by atomic mass is 35.5. The largest absolute Gasteiger partial charge is 0.465 e. The molecule has 0 saturated carbocycles. The SMILES string of the molecule is COC(=O)c1cc(Cl)cc(C)c1NC(=O)C1CCC(n2ccnc2)N(C)N1C. The summed E-state index contributed by atoms with van der Waals surface area (Å²) >= 11 is 6.07. The number of amides is 1. The maximum atomic E-state index is 13.0. The van der Waals surface area contributed by atoms with Gasteiger partial charge in [0.15, 0.2) is 0 Å². The summed E-state index contributed by atoms with van der Waals surface area (Å²) in [7, 11) is 5.12. The number of nitrogens with one attached hydrogen (secondary N) is 1. The van der Waals surface area contributed by atoms with Gasteiger partial charge < -0.3 is 14.6 Å². The molecule has 2 heterocycles. The van der Waals surface area contributed by atoms with Gasteiger partial charge in [-0.25, -0.2) is 19.8 Å². The number of hydrogen-bond donors (Lipinski definition) is 1. The summed E-state index contributed by atoms with van der Waals surface area (Å²) in [4.78, 5) is 29.3. The minimum absolute atomic E-state index is 0.0967. The van der Waals surface area contributed by atoms with E-state index in [2.05, 4.69) is 10.3 Å². The molecule has 0 spiro atoms. The quantitative estimate of drug-likeness (QED) is 0.788. The van der Waals surface area contributed by atoms with Crippen LogP contribution in [0.3, 0.4) is 0 Å². The Bertz CT molecular complexity index is 871. The number of esters is 1. The van der Waals surface area contributed by atoms with E-state index in [0.29, 0.717) is 22.7 Å². The molecule has 1 saturated heterocycles. The van der Waals surface area contributed by atoms with Gasteiger partial charge in [-0.3, -0.25) is 4.79 Å². The monoisotopic (exact) mass is 405 g/mol. The third-order valence-corrected chi connectivity index (χ3v) is 5.42. The van der Waals surface area contributed by atoms with Crippen molar-refractivity contribution in [3.8, 4) is 0 Å². The topological polar surface area (TPSA) is 79.7 Å². The first-order chi connectivity index (χ1) is 13.3. The molecule has 0 aliphatic carbocycles. The molecule has 2 atom stereocenters. The lowest BCUT2D eigenvalue weighted by molar-refractivity contribution is -0.144. The van der Waals surface area contributed by atoms with Crippen molar-refractivity contribution in [1.29, 1.82) is 0 Å². The van der Waals surface area contributed by atoms with E-state index in [9.17, 15) is 9.59 Å². The summed E-state index contributed by atoms with van der Waals surface area (Å²) in [5, 5.41) is 7.24. The van der Waals surface area contributed by atoms with Crippen molar-refractivity contribution in [2.75, 3.05) is 26.5 Å². The molecule has 3 rings (SSSR count). The minimum atomic E-state index is -0.546. The van der Waals surface area contributed by atoms with Crippen molar-refractivity contribution in [1.82, 2.24) is 19.6 Å². The summed E-state index contributed by atoms with van der Waals surface area (Å²) < 4.78 is 6.85. The number of rotatable bonds is 4. The maximum absolute atomic E-state index is 13.0. The van der Waals surface area contributed by atoms with Crippen LogP contribution in [-0.2, 0) is 9.53 Å². The van der Waals surface area contributed by atoms with Crippen molar-refractivity contribution in [2.24, 2.45) is 0 Å². The average molecular weight is 406 g/mol. The number of nitrogens with zero attached hydrogens (tertiary/aromatic N) is 4. The Morgan fingerprint density at radius 1 is 1.25 bits per heavy atom. The fourth-order valence-corrected chi connectivity index (χ4v) is 3.86. The number of carbonyl (C=O) groups is 2. The van der Waals surface area contributed by atoms with Gasteiger partial charge in [0, 0.05) is 31.5 Å². The molecule has 9 heteroatoms. The Morgan fingerprint density at radius 3 is 2.64 bits per heavy atom. The fraction of sp³-hybridized carbons (Fsp3) is 0.421. The third kappa shape index (κ3) is 3.89. The van der Waals surface area contributed by atoms with Crippen molar-refractivity contribution < 1.29 is 14.3 Å². The highest BCUT2D eigenvalue weighted by molar-refractivity contribution is 6.31. The molecule has 1 aliphatic heterocycles. The van der Waals surface area contributed by atoms with Crippen molar-refractivity contribution >= 4 is 29.2 Å². The number of ether oxygens (including phenoxy) is 1. The van der Waals surface area contributed by atoms with Gasteiger partial charge in [-0.15, -0.1) is 0 Å². The second-order valence-corrected chi connectivity index (χ2v) is 7.29. The number of imidazole rings is 1. The predicted octanol–water partition coefficient (Wildman–Crippen LogP) is 2.71. The minimum Gasteiger partial charge on any atom is -0.465 e. The molecule has 0 radical (unpaired) electrons. The zero-order chi connectivity index (χ0) is 20.4. The van der Waals surface area contributed by atoms with Gasteiger partial charge in [-0.2, -0.15) is 0 Å². The lowest BCUT2D eigenvalue weighted by Gasteiger charge is -2.44. The van der Waals surface area contributed by atoms with Crippen LogP contribution in [0.25, 0.3) is 0 Å². The number of aryl methyl sites for hydroxylation is 1. The summed E-state index contributed by atoms with van der Waals surface area (Å²) in [6.45, 7) is 1.79. The maximum Gasteiger partial charge on any atom is 0.340 e. The highest BCUT2D eigenvalue weighted by Gasteiger charge is 2.36. The Balaban J connectivity index is 1.80. The number of anilines is 1. The lowest BCUT2D eigenvalue weighted by atomic mass is 10.0. The van der Waals surface area contributed by atoms with Crippen LogP contribution in [0.2, 0.25) is 5.02 Å². The molecule has 2 unspecified atom stereocenters. The molecule has 1 N–H and O–H groups in total. The smallest absolute Gasteiger partial charge is 0.340 e. The molecule has 1 aliphatic rings. The first kappa shape index (κ1) is 20.3. The zero-order valence-corrected chi connectivity index (χ0v) is 17.1. The molecule has 28 heavy (non-hydrogen) atoms. The third-order valence-electron chi connectivity index (χ3n) is 5.20. The second kappa shape index (κ2) is 8.30. The average Bonchev–Trinajstić information content (AvgIpc) is 3.19. The van der Waals surface area contributed by atoms with E-state index in [0.717, 1.165) is 6.42 Å². The summed E-state index contributed by atoms with van der Waals surface area (Å²) in [5.74, 6) is -0.732. The molecular formula is C19H24ClN5O3. The Kier molecular flexibility index (Phi) is 6.02. The van der Waals surface area contributed by atoms with Gasteiger partial charge in [-0.1, -0.05) is 11.6 Å². The van der Waals surface area contributed by atoms with Crippen LogP contribution in [0, 0.1) is 6.92 Å². The van der Waals surface area contributed by atoms with Crippen molar-refractivity contribution in [3.63, 3.8) is 0 Å². The van der Waals surface area contributed by atoms with Crippen molar-refractivity contribution in [2.45, 2.75) is 32.0 Å². The molecule has 1 aromatic heterocycles. The molecule has 0 bridgehead atoms. The number of hydrazine groups is 1. The molecule has 1 aromatic carbocycles. The van der Waals surface area contributed by atoms with E-state index >= 15 is 0 Å². The van der Waals surface area contributed by atoms with Crippen LogP contribution in [0.5, 0.6) is 0 Å². The van der Waals surface area contributed by atoms with Crippen LogP contribution in [0.15, 0.2) is 30.9 Å². The van der Waals surface area contributed by atoms with Gasteiger partial charge in [0.2, 0.25) is 5.91 Å². The fourth-order valence-electron chi connectivity index (χ4n) is 3.59. The van der Waals surface area contributed by atoms with Crippen LogP contribution < -0.4 is 5.32 Å². The molecular weight excluding hydrogens is 382 g/mol. The van der Waals surface area contributed by atoms with E-state index in [1.54, 1.807) is 25.5 Å². The number of hydrogen-bond acceptors (Lipinski definition) is 6. The molecule has 8 nitrogen and oxygen atoms in total. The normalized spacial score (nSPS) is 20.8. The van der Waals surface area contributed by atoms with E-state index < -0.39 is 5.97 Å². The van der Waals surface area contributed by atoms with E-state index in [1.165, 1.54) is 13.2 Å². The molecule has 1 fully saturated rings. The van der Waals surface area contributed by atoms with Gasteiger partial charge >= 0.3 is 5.97 Å². The summed E-state index contributed by atoms with van der Waals surface area (Å²) in [5.41, 5.74) is 1.36. The van der Waals surface area contributed by atoms with Gasteiger partial charge in [0.1, 0.15) is 12.2 Å². The Hall–Kier alpha value is -2.42. The number of methoxy groups -OCH3 is 1. The molecule has 1 amide bonds. The van der Waals surface area contributed by atoms with Crippen molar-refractivity contribution in [3.05, 3.63) is 47.0 Å². The first-order valence-corrected chi connectivity index (χ1v) is 9.33. The second-order valence-electron chi connectivity index (χ2n) is 6.86. The van der Waals surface area contributed by atoms with E-state index in [-0.39, 0.29) is 23.7 Å². The summed E-state index contributed by atoms with van der Waals surface area (Å²) in [6, 6.07) is 2.84. The summed E-state index contributed by atoms with van der Waals surface area (Å²) in [6.07, 6.45) is 6.97. The molecule has 150 valence electrons. The zero-order valence-electron chi connectivity index (χ0n) is 16.3. The predicted molar refractivity (Wildman–Crippen MR) is 106 cm³/mol. The van der Waals surface area contributed by atoms with Crippen LogP contribution in [-0.4, -0.2) is 58.7 Å². The van der Waals surface area contributed by atoms with Crippen LogP contribution in [0.4, 0.5) is 5.69 Å². The number of benzene rings is 1. The van der Waals surface area contributed by atoms with Crippen LogP contribution >= 0.6 is 11.6 Å². The first-order valence-electron chi connectivity index (χ1n) is 8.95. The van der Waals surface area contributed by atoms with E-state index in [4.69, 9.17) is 16.3 Å².